The second-order valence-corrected chi connectivity index (χ2v) is 7.61. The highest BCUT2D eigenvalue weighted by Gasteiger charge is 2.30. The van der Waals surface area contributed by atoms with Crippen molar-refractivity contribution >= 4 is 32.1 Å². The van der Waals surface area contributed by atoms with Crippen LogP contribution in [-0.2, 0) is 22.0 Å². The molecule has 0 saturated heterocycles. The largest absolute Gasteiger partial charge is 0.390 e. The molecule has 2 N–H and O–H groups in total. The Balaban J connectivity index is 2.51. The molecule has 17 heavy (non-hydrogen) atoms. The van der Waals surface area contributed by atoms with Gasteiger partial charge in [0.2, 0.25) is 0 Å². The number of hydrogen-bond donors (Lipinski definition) is 1. The molecule has 1 aliphatic heterocycles. The van der Waals surface area contributed by atoms with Crippen LogP contribution in [0, 0.1) is 0 Å². The number of anilines is 1. The smallest absolute Gasteiger partial charge is 0.256 e. The molecule has 0 saturated carbocycles. The Kier molecular flexibility index (Phi) is 2.90. The monoisotopic (exact) mass is 274 g/mol. The first-order chi connectivity index (χ1) is 7.82. The molecule has 0 bridgehead atoms. The highest BCUT2D eigenvalue weighted by atomic mass is 32.2. The molecule has 1 aromatic heterocycles. The number of nitrogens with zero attached hydrogens (tertiary/aromatic N) is 1. The van der Waals surface area contributed by atoms with Crippen molar-refractivity contribution in [1.29, 1.82) is 0 Å². The lowest BCUT2D eigenvalue weighted by atomic mass is 10.1. The number of carbonyl (C=O) groups excluding carboxylic acids is 1. The van der Waals surface area contributed by atoms with Crippen molar-refractivity contribution in [3.63, 3.8) is 0 Å². The van der Waals surface area contributed by atoms with Crippen LogP contribution in [0.4, 0.5) is 5.00 Å². The van der Waals surface area contributed by atoms with Crippen LogP contribution < -0.4 is 5.73 Å². The van der Waals surface area contributed by atoms with E-state index in [9.17, 15) is 13.2 Å². The molecular weight excluding hydrogens is 260 g/mol. The summed E-state index contributed by atoms with van der Waals surface area (Å²) >= 11 is 1.22. The quantitative estimate of drug-likeness (QED) is 0.809. The SMILES string of the molecule is CN(C)C(=O)c1c(N)sc2c1CCS(=O)(=O)C2. The highest BCUT2D eigenvalue weighted by molar-refractivity contribution is 7.90. The molecule has 0 aliphatic carbocycles. The maximum absolute atomic E-state index is 12.0. The van der Waals surface area contributed by atoms with Crippen molar-refractivity contribution in [2.45, 2.75) is 12.2 Å². The fourth-order valence-corrected chi connectivity index (χ4v) is 4.81. The summed E-state index contributed by atoms with van der Waals surface area (Å²) in [4.78, 5) is 14.1. The van der Waals surface area contributed by atoms with Crippen LogP contribution >= 0.6 is 11.3 Å². The van der Waals surface area contributed by atoms with E-state index in [-0.39, 0.29) is 17.4 Å². The van der Waals surface area contributed by atoms with Gasteiger partial charge in [0.1, 0.15) is 0 Å². The molecular formula is C10H14N2O3S2. The Bertz CT molecular complexity index is 573. The maximum atomic E-state index is 12.0. The van der Waals surface area contributed by atoms with E-state index in [4.69, 9.17) is 5.73 Å². The summed E-state index contributed by atoms with van der Waals surface area (Å²) < 4.78 is 23.0. The fraction of sp³-hybridized carbons (Fsp3) is 0.500. The lowest BCUT2D eigenvalue weighted by Gasteiger charge is -2.15. The van der Waals surface area contributed by atoms with E-state index in [0.29, 0.717) is 17.0 Å². The van der Waals surface area contributed by atoms with Gasteiger partial charge in [-0.1, -0.05) is 0 Å². The van der Waals surface area contributed by atoms with Gasteiger partial charge in [0, 0.05) is 19.0 Å². The van der Waals surface area contributed by atoms with E-state index in [1.165, 1.54) is 16.2 Å². The Morgan fingerprint density at radius 1 is 1.41 bits per heavy atom. The van der Waals surface area contributed by atoms with Crippen LogP contribution in [-0.4, -0.2) is 39.1 Å². The van der Waals surface area contributed by atoms with E-state index in [0.717, 1.165) is 10.4 Å². The summed E-state index contributed by atoms with van der Waals surface area (Å²) in [6.07, 6.45) is 0.389. The number of sulfone groups is 1. The Hall–Kier alpha value is -1.08. The van der Waals surface area contributed by atoms with Crippen LogP contribution in [0.1, 0.15) is 20.8 Å². The number of thiophene rings is 1. The van der Waals surface area contributed by atoms with E-state index in [1.54, 1.807) is 14.1 Å². The summed E-state index contributed by atoms with van der Waals surface area (Å²) in [5.41, 5.74) is 7.14. The van der Waals surface area contributed by atoms with Crippen LogP contribution in [0.25, 0.3) is 0 Å². The summed E-state index contributed by atoms with van der Waals surface area (Å²) in [5, 5.41) is 0.422. The molecule has 2 heterocycles. The van der Waals surface area contributed by atoms with Crippen LogP contribution in [0.2, 0.25) is 0 Å². The first kappa shape index (κ1) is 12.4. The molecule has 0 radical (unpaired) electrons. The third-order valence-corrected chi connectivity index (χ3v) is 5.55. The van der Waals surface area contributed by atoms with Crippen molar-refractivity contribution in [2.75, 3.05) is 25.6 Å². The molecule has 0 spiro atoms. The number of rotatable bonds is 1. The molecule has 2 rings (SSSR count). The minimum atomic E-state index is -3.02. The average molecular weight is 274 g/mol. The zero-order valence-electron chi connectivity index (χ0n) is 9.69. The number of hydrogen-bond acceptors (Lipinski definition) is 5. The second kappa shape index (κ2) is 3.99. The molecule has 5 nitrogen and oxygen atoms in total. The van der Waals surface area contributed by atoms with Crippen molar-refractivity contribution in [3.05, 3.63) is 16.0 Å². The molecule has 0 unspecified atom stereocenters. The molecule has 1 aromatic rings. The standard InChI is InChI=1S/C10H14N2O3S2/c1-12(2)10(13)8-6-3-4-17(14,15)5-7(6)16-9(8)11/h3-5,11H2,1-2H3. The summed E-state index contributed by atoms with van der Waals surface area (Å²) in [5.74, 6) is -0.0405. The van der Waals surface area contributed by atoms with Gasteiger partial charge in [0.05, 0.1) is 22.1 Å². The molecule has 1 aliphatic rings. The summed E-state index contributed by atoms with van der Waals surface area (Å²) in [6.45, 7) is 0. The topological polar surface area (TPSA) is 80.5 Å². The van der Waals surface area contributed by atoms with Crippen LogP contribution in [0.5, 0.6) is 0 Å². The van der Waals surface area contributed by atoms with Gasteiger partial charge in [-0.05, 0) is 12.0 Å². The van der Waals surface area contributed by atoms with E-state index in [2.05, 4.69) is 0 Å². The van der Waals surface area contributed by atoms with Gasteiger partial charge >= 0.3 is 0 Å². The summed E-state index contributed by atoms with van der Waals surface area (Å²) in [7, 11) is 0.301. The average Bonchev–Trinajstić information content (AvgIpc) is 2.50. The first-order valence-corrected chi connectivity index (χ1v) is 7.77. The molecule has 7 heteroatoms. The Morgan fingerprint density at radius 3 is 2.65 bits per heavy atom. The zero-order valence-corrected chi connectivity index (χ0v) is 11.3. The minimum absolute atomic E-state index is 0.0118. The van der Waals surface area contributed by atoms with E-state index in [1.807, 2.05) is 0 Å². The van der Waals surface area contributed by atoms with E-state index >= 15 is 0 Å². The maximum Gasteiger partial charge on any atom is 0.256 e. The first-order valence-electron chi connectivity index (χ1n) is 5.14. The van der Waals surface area contributed by atoms with Crippen LogP contribution in [0.15, 0.2) is 0 Å². The van der Waals surface area contributed by atoms with Crippen molar-refractivity contribution in [2.24, 2.45) is 0 Å². The lowest BCUT2D eigenvalue weighted by Crippen LogP contribution is -2.25. The second-order valence-electron chi connectivity index (χ2n) is 4.28. The minimum Gasteiger partial charge on any atom is -0.390 e. The van der Waals surface area contributed by atoms with Gasteiger partial charge < -0.3 is 10.6 Å². The van der Waals surface area contributed by atoms with Crippen molar-refractivity contribution < 1.29 is 13.2 Å². The molecule has 0 atom stereocenters. The number of amides is 1. The third-order valence-electron chi connectivity index (χ3n) is 2.75. The molecule has 94 valence electrons. The number of fused-ring (bicyclic) bond motifs is 1. The van der Waals surface area contributed by atoms with Crippen molar-refractivity contribution in [3.8, 4) is 0 Å². The number of nitrogen functional groups attached to an aromatic ring is 1. The predicted molar refractivity (Wildman–Crippen MR) is 67.9 cm³/mol. The van der Waals surface area contributed by atoms with Gasteiger partial charge in [-0.25, -0.2) is 8.42 Å². The van der Waals surface area contributed by atoms with Gasteiger partial charge in [0.25, 0.3) is 5.91 Å². The molecule has 0 aromatic carbocycles. The predicted octanol–water partition coefficient (Wildman–Crippen LogP) is 0.503. The normalized spacial score (nSPS) is 17.5. The van der Waals surface area contributed by atoms with Crippen molar-refractivity contribution in [1.82, 2.24) is 4.90 Å². The van der Waals surface area contributed by atoms with Gasteiger partial charge in [-0.3, -0.25) is 4.79 Å². The molecule has 1 amide bonds. The third kappa shape index (κ3) is 2.16. The number of carbonyl (C=O) groups is 1. The number of nitrogens with two attached hydrogens (primary N) is 1. The lowest BCUT2D eigenvalue weighted by molar-refractivity contribution is 0.0828. The summed E-state index contributed by atoms with van der Waals surface area (Å²) in [6, 6.07) is 0. The van der Waals surface area contributed by atoms with Crippen LogP contribution in [0.3, 0.4) is 0 Å². The van der Waals surface area contributed by atoms with Gasteiger partial charge in [-0.2, -0.15) is 0 Å². The van der Waals surface area contributed by atoms with Gasteiger partial charge in [0.15, 0.2) is 9.84 Å². The molecule has 0 fully saturated rings. The zero-order chi connectivity index (χ0) is 12.8. The van der Waals surface area contributed by atoms with E-state index < -0.39 is 9.84 Å². The Labute approximate surface area is 104 Å². The highest BCUT2D eigenvalue weighted by Crippen LogP contribution is 2.36. The Morgan fingerprint density at radius 2 is 2.06 bits per heavy atom. The fourth-order valence-electron chi connectivity index (χ4n) is 1.90. The van der Waals surface area contributed by atoms with Gasteiger partial charge in [-0.15, -0.1) is 11.3 Å².